The molecule has 1 fully saturated rings. The molecule has 0 aromatic heterocycles. The minimum absolute atomic E-state index is 0.280. The van der Waals surface area contributed by atoms with Gasteiger partial charge in [-0.25, -0.2) is 8.78 Å². The van der Waals surface area contributed by atoms with Crippen LogP contribution in [-0.2, 0) is 0 Å². The molecule has 0 radical (unpaired) electrons. The average molecular weight is 268 g/mol. The first-order valence-electron chi connectivity index (χ1n) is 7.06. The highest BCUT2D eigenvalue weighted by Gasteiger charge is 2.30. The highest BCUT2D eigenvalue weighted by Crippen LogP contribution is 2.29. The molecule has 106 valence electrons. The lowest BCUT2D eigenvalue weighted by molar-refractivity contribution is 0.242. The molecule has 1 aromatic carbocycles. The van der Waals surface area contributed by atoms with Crippen LogP contribution in [0.5, 0.6) is 0 Å². The largest absolute Gasteiger partial charge is 0.323 e. The van der Waals surface area contributed by atoms with E-state index in [-0.39, 0.29) is 5.56 Å². The lowest BCUT2D eigenvalue weighted by Gasteiger charge is -2.25. The molecule has 1 aromatic rings. The molecule has 2 N–H and O–H groups in total. The molecule has 0 amide bonds. The molecule has 1 atom stereocenters. The van der Waals surface area contributed by atoms with E-state index < -0.39 is 17.7 Å². The van der Waals surface area contributed by atoms with Gasteiger partial charge in [-0.15, -0.1) is 0 Å². The van der Waals surface area contributed by atoms with Crippen molar-refractivity contribution in [2.24, 2.45) is 5.73 Å². The zero-order valence-corrected chi connectivity index (χ0v) is 11.4. The molecule has 1 unspecified atom stereocenters. The molecule has 0 bridgehead atoms. The smallest absolute Gasteiger partial charge is 0.128 e. The van der Waals surface area contributed by atoms with Gasteiger partial charge in [0.2, 0.25) is 0 Å². The van der Waals surface area contributed by atoms with Crippen molar-refractivity contribution in [3.8, 4) is 0 Å². The number of halogens is 2. The van der Waals surface area contributed by atoms with Gasteiger partial charge in [-0.3, -0.25) is 4.90 Å². The molecule has 0 spiro atoms. The average Bonchev–Trinajstić information content (AvgIpc) is 3.21. The molecular weight excluding hydrogens is 246 g/mol. The summed E-state index contributed by atoms with van der Waals surface area (Å²) in [7, 11) is 0. The summed E-state index contributed by atoms with van der Waals surface area (Å²) in [6.45, 7) is 3.74. The van der Waals surface area contributed by atoms with Crippen LogP contribution in [-0.4, -0.2) is 24.0 Å². The van der Waals surface area contributed by atoms with E-state index >= 15 is 0 Å². The van der Waals surface area contributed by atoms with Crippen LogP contribution < -0.4 is 5.73 Å². The van der Waals surface area contributed by atoms with Gasteiger partial charge in [0, 0.05) is 24.2 Å². The van der Waals surface area contributed by atoms with E-state index in [9.17, 15) is 8.78 Å². The van der Waals surface area contributed by atoms with Gasteiger partial charge >= 0.3 is 0 Å². The fourth-order valence-electron chi connectivity index (χ4n) is 2.37. The molecule has 19 heavy (non-hydrogen) atoms. The lowest BCUT2D eigenvalue weighted by atomic mass is 10.1. The Balaban J connectivity index is 2.01. The van der Waals surface area contributed by atoms with E-state index in [0.717, 1.165) is 31.5 Å². The zero-order valence-electron chi connectivity index (χ0n) is 11.4. The summed E-state index contributed by atoms with van der Waals surface area (Å²) in [6.07, 6.45) is 4.64. The Bertz CT molecular complexity index is 419. The number of nitrogens with zero attached hydrogens (tertiary/aromatic N) is 1. The van der Waals surface area contributed by atoms with Crippen molar-refractivity contribution in [3.05, 3.63) is 35.4 Å². The van der Waals surface area contributed by atoms with Gasteiger partial charge in [0.25, 0.3) is 0 Å². The molecule has 0 saturated heterocycles. The number of rotatable bonds is 7. The Morgan fingerprint density at radius 3 is 2.74 bits per heavy atom. The summed E-state index contributed by atoms with van der Waals surface area (Å²) in [6, 6.07) is 3.62. The predicted molar refractivity (Wildman–Crippen MR) is 72.8 cm³/mol. The number of unbranched alkanes of at least 4 members (excludes halogenated alkanes) is 1. The molecule has 1 saturated carbocycles. The second kappa shape index (κ2) is 6.44. The first-order chi connectivity index (χ1) is 9.11. The van der Waals surface area contributed by atoms with Crippen molar-refractivity contribution >= 4 is 0 Å². The van der Waals surface area contributed by atoms with Crippen molar-refractivity contribution in [1.29, 1.82) is 0 Å². The van der Waals surface area contributed by atoms with E-state index in [0.29, 0.717) is 12.6 Å². The quantitative estimate of drug-likeness (QED) is 0.822. The minimum atomic E-state index is -0.465. The predicted octanol–water partition coefficient (Wildman–Crippen LogP) is 3.23. The summed E-state index contributed by atoms with van der Waals surface area (Å²) >= 11 is 0. The van der Waals surface area contributed by atoms with E-state index in [4.69, 9.17) is 5.73 Å². The van der Waals surface area contributed by atoms with Crippen LogP contribution in [0.4, 0.5) is 8.78 Å². The minimum Gasteiger partial charge on any atom is -0.323 e. The van der Waals surface area contributed by atoms with Crippen molar-refractivity contribution in [2.75, 3.05) is 13.1 Å². The summed E-state index contributed by atoms with van der Waals surface area (Å²) in [5, 5.41) is 0. The van der Waals surface area contributed by atoms with Gasteiger partial charge in [0.15, 0.2) is 0 Å². The summed E-state index contributed by atoms with van der Waals surface area (Å²) in [5.41, 5.74) is 6.33. The third kappa shape index (κ3) is 3.98. The Labute approximate surface area is 113 Å². The molecule has 4 heteroatoms. The summed E-state index contributed by atoms with van der Waals surface area (Å²) in [4.78, 5) is 2.32. The topological polar surface area (TPSA) is 29.3 Å². The van der Waals surface area contributed by atoms with Gasteiger partial charge in [-0.05, 0) is 44.0 Å². The lowest BCUT2D eigenvalue weighted by Crippen LogP contribution is -2.35. The van der Waals surface area contributed by atoms with E-state index in [2.05, 4.69) is 11.8 Å². The van der Waals surface area contributed by atoms with Crippen LogP contribution in [0, 0.1) is 11.6 Å². The van der Waals surface area contributed by atoms with Gasteiger partial charge < -0.3 is 5.73 Å². The maximum Gasteiger partial charge on any atom is 0.128 e. The first kappa shape index (κ1) is 14.4. The van der Waals surface area contributed by atoms with Crippen LogP contribution in [0.15, 0.2) is 18.2 Å². The van der Waals surface area contributed by atoms with Crippen molar-refractivity contribution in [1.82, 2.24) is 4.90 Å². The van der Waals surface area contributed by atoms with Crippen molar-refractivity contribution < 1.29 is 8.78 Å². The number of hydrogen-bond acceptors (Lipinski definition) is 2. The van der Waals surface area contributed by atoms with Crippen molar-refractivity contribution in [2.45, 2.75) is 44.7 Å². The number of nitrogens with two attached hydrogens (primary N) is 1. The second-order valence-electron chi connectivity index (χ2n) is 5.35. The van der Waals surface area contributed by atoms with Gasteiger partial charge in [0.05, 0.1) is 0 Å². The van der Waals surface area contributed by atoms with Crippen LogP contribution in [0.1, 0.15) is 44.2 Å². The first-order valence-corrected chi connectivity index (χ1v) is 7.06. The highest BCUT2D eigenvalue weighted by molar-refractivity contribution is 5.22. The number of benzene rings is 1. The maximum absolute atomic E-state index is 13.7. The van der Waals surface area contributed by atoms with E-state index in [1.807, 2.05) is 0 Å². The summed E-state index contributed by atoms with van der Waals surface area (Å²) < 4.78 is 26.9. The molecule has 0 aliphatic heterocycles. The molecule has 1 aliphatic rings. The Kier molecular flexibility index (Phi) is 4.88. The van der Waals surface area contributed by atoms with Crippen LogP contribution >= 0.6 is 0 Å². The maximum atomic E-state index is 13.7. The molecular formula is C15H22F2N2. The monoisotopic (exact) mass is 268 g/mol. The standard InChI is InChI=1S/C15H22F2N2/c1-2-3-8-19(12-5-6-12)10-15(18)13-9-11(16)4-7-14(13)17/h4,7,9,12,15H,2-3,5-6,8,10,18H2,1H3. The zero-order chi connectivity index (χ0) is 13.8. The Hall–Kier alpha value is -1.00. The van der Waals surface area contributed by atoms with E-state index in [1.165, 1.54) is 18.9 Å². The molecule has 1 aliphatic carbocycles. The van der Waals surface area contributed by atoms with Crippen LogP contribution in [0.25, 0.3) is 0 Å². The number of hydrogen-bond donors (Lipinski definition) is 1. The third-order valence-electron chi connectivity index (χ3n) is 3.65. The fraction of sp³-hybridized carbons (Fsp3) is 0.600. The Morgan fingerprint density at radius 1 is 1.37 bits per heavy atom. The normalized spacial score (nSPS) is 16.9. The van der Waals surface area contributed by atoms with Crippen molar-refractivity contribution in [3.63, 3.8) is 0 Å². The highest BCUT2D eigenvalue weighted by atomic mass is 19.1. The Morgan fingerprint density at radius 2 is 2.11 bits per heavy atom. The van der Waals surface area contributed by atoms with Gasteiger partial charge in [-0.1, -0.05) is 13.3 Å². The van der Waals surface area contributed by atoms with Gasteiger partial charge in [0.1, 0.15) is 11.6 Å². The summed E-state index contributed by atoms with van der Waals surface area (Å²) in [5.74, 6) is -0.849. The second-order valence-corrected chi connectivity index (χ2v) is 5.35. The van der Waals surface area contributed by atoms with Gasteiger partial charge in [-0.2, -0.15) is 0 Å². The molecule has 2 nitrogen and oxygen atoms in total. The van der Waals surface area contributed by atoms with E-state index in [1.54, 1.807) is 0 Å². The SMILES string of the molecule is CCCCN(CC(N)c1cc(F)ccc1F)C1CC1. The van der Waals surface area contributed by atoms with Crippen LogP contribution in [0.3, 0.4) is 0 Å². The molecule has 0 heterocycles. The molecule has 2 rings (SSSR count). The van der Waals surface area contributed by atoms with Crippen LogP contribution in [0.2, 0.25) is 0 Å². The third-order valence-corrected chi connectivity index (χ3v) is 3.65. The fourth-order valence-corrected chi connectivity index (χ4v) is 2.37.